The summed E-state index contributed by atoms with van der Waals surface area (Å²) >= 11 is 2.76. The zero-order valence-electron chi connectivity index (χ0n) is 64.1. The van der Waals surface area contributed by atoms with Crippen molar-refractivity contribution in [2.45, 2.75) is 238 Å². The maximum Gasteiger partial charge on any atom is 0.342 e. The Morgan fingerprint density at radius 2 is 1.11 bits per heavy atom. The second kappa shape index (κ2) is 38.6. The quantitative estimate of drug-likeness (QED) is 0.0139. The Morgan fingerprint density at radius 1 is 0.690 bits per heavy atom. The molecular weight excluding hydrogens is 1350 g/mol. The molecular formula is C79H117N6O12S2Zn-. The first kappa shape index (κ1) is 88.3. The number of amidine groups is 1. The van der Waals surface area contributed by atoms with Crippen molar-refractivity contribution in [2.24, 2.45) is 73.1 Å². The summed E-state index contributed by atoms with van der Waals surface area (Å²) < 4.78 is 16.7. The first-order chi connectivity index (χ1) is 46.2. The van der Waals surface area contributed by atoms with Crippen molar-refractivity contribution in [1.82, 2.24) is 4.98 Å². The minimum atomic E-state index is -0.971. The van der Waals surface area contributed by atoms with Crippen molar-refractivity contribution in [3.8, 4) is 12.0 Å². The number of nitriles is 1. The van der Waals surface area contributed by atoms with Gasteiger partial charge in [0, 0.05) is 60.3 Å². The number of carbonyl (C=O) groups is 5. The van der Waals surface area contributed by atoms with Gasteiger partial charge in [0.2, 0.25) is 12.0 Å². The fraction of sp³-hybridized carbons (Fsp3) is 0.646. The number of hydrogen-bond donors (Lipinski definition) is 5. The van der Waals surface area contributed by atoms with E-state index in [0.29, 0.717) is 83.0 Å². The van der Waals surface area contributed by atoms with Gasteiger partial charge in [-0.3, -0.25) is 14.4 Å². The minimum Gasteiger partial charge on any atom is -0.483 e. The number of esters is 2. The number of rotatable bonds is 24. The summed E-state index contributed by atoms with van der Waals surface area (Å²) in [6, 6.07) is 14.7. The van der Waals surface area contributed by atoms with E-state index in [9.17, 15) is 24.6 Å². The summed E-state index contributed by atoms with van der Waals surface area (Å²) in [5.41, 5.74) is 4.51. The van der Waals surface area contributed by atoms with Gasteiger partial charge in [0.1, 0.15) is 29.3 Å². The molecule has 5 N–H and O–H groups in total. The second-order valence-electron chi connectivity index (χ2n) is 32.0. The predicted octanol–water partition coefficient (Wildman–Crippen LogP) is 18.0. The van der Waals surface area contributed by atoms with Crippen molar-refractivity contribution in [1.29, 1.82) is 5.26 Å². The van der Waals surface area contributed by atoms with Gasteiger partial charge in [0.25, 0.3) is 12.7 Å². The number of aliphatic hydroxyl groups is 2. The van der Waals surface area contributed by atoms with E-state index in [1.165, 1.54) is 29.6 Å². The molecule has 550 valence electrons. The van der Waals surface area contributed by atoms with Crippen LogP contribution in [0.4, 0.5) is 11.5 Å². The molecule has 0 bridgehead atoms. The SMILES string of the molecule is CCC(CC)(SCCO)C(=O)N=C1[N-]C(=Cc2[nH]c(NC(=O)C(CC)(CC)SCCO)c(C(=O)OC3C(C(C)(C)C)CC(C)CC3C(C)(C)C)c2C(C)C)C(C(C)C)=C1C(=O)OC1C(C(C)(C)C)CC(C)CC1C(C)(C)C.N#COc1ccc(Cc2ccc(N=C=O)cc2)cc1.O=CO.[Zn]. The van der Waals surface area contributed by atoms with E-state index in [-0.39, 0.29) is 125 Å². The van der Waals surface area contributed by atoms with Crippen molar-refractivity contribution in [2.75, 3.05) is 30.0 Å². The molecule has 2 aromatic carbocycles. The molecule has 4 atom stereocenters. The average Bonchev–Trinajstić information content (AvgIpc) is 1.46. The number of allylic oxidation sites excluding steroid dienone is 1. The van der Waals surface area contributed by atoms with Crippen LogP contribution >= 0.6 is 23.5 Å². The zero-order chi connectivity index (χ0) is 74.8. The van der Waals surface area contributed by atoms with Gasteiger partial charge in [0.05, 0.1) is 34.0 Å². The van der Waals surface area contributed by atoms with Crippen LogP contribution in [0.3, 0.4) is 0 Å². The molecule has 1 aromatic heterocycles. The second-order valence-corrected chi connectivity index (χ2v) is 34.9. The van der Waals surface area contributed by atoms with Crippen LogP contribution in [0, 0.1) is 74.6 Å². The number of benzene rings is 2. The third-order valence-corrected chi connectivity index (χ3v) is 23.5. The van der Waals surface area contributed by atoms with Crippen LogP contribution in [0.25, 0.3) is 11.4 Å². The van der Waals surface area contributed by atoms with Crippen molar-refractivity contribution in [3.63, 3.8) is 0 Å². The van der Waals surface area contributed by atoms with E-state index in [2.05, 4.69) is 112 Å². The van der Waals surface area contributed by atoms with E-state index in [1.54, 1.807) is 30.5 Å². The largest absolute Gasteiger partial charge is 0.483 e. The van der Waals surface area contributed by atoms with Gasteiger partial charge in [-0.25, -0.2) is 14.4 Å². The molecule has 0 spiro atoms. The number of hydrogen-bond acceptors (Lipinski definition) is 15. The molecule has 21 heteroatoms. The Labute approximate surface area is 618 Å². The fourth-order valence-electron chi connectivity index (χ4n) is 14.5. The normalized spacial score (nSPS) is 21.3. The molecule has 100 heavy (non-hydrogen) atoms. The van der Waals surface area contributed by atoms with Crippen LogP contribution in [0.5, 0.6) is 5.75 Å². The van der Waals surface area contributed by atoms with Crippen LogP contribution in [0.1, 0.15) is 242 Å². The molecule has 3 aliphatic rings. The van der Waals surface area contributed by atoms with Crippen molar-refractivity contribution in [3.05, 3.63) is 98.6 Å². The Hall–Kier alpha value is -5.87. The van der Waals surface area contributed by atoms with E-state index in [0.717, 1.165) is 43.2 Å². The third kappa shape index (κ3) is 23.1. The number of anilines is 1. The molecule has 2 amide bonds. The number of ether oxygens (including phenoxy) is 3. The molecule has 4 unspecified atom stereocenters. The van der Waals surface area contributed by atoms with Gasteiger partial charge in [0.15, 0.2) is 5.91 Å². The Balaban J connectivity index is 0.000000955. The standard InChI is InChI=1S/C63H106N4O8S2.C15H10N2O2.CH2O2.Zn/c1-23-62(24-2,76-29-27-68)56(72)66-52-48(54(70)74-50-40(58(11,12)13)31-38(9)32-41(50)59(14,15)16)46(36(5)6)44(64-52)35-45-47(37(7)8)49(53(65-45)67-57(73)63(25-3,26-4)77-30-28-69)55(71)75-51-42(60(17,18)19)33-39(10)34-43(51)61(20,21)22;16-10-19-15-7-3-13(4-8-15)9-12-1-5-14(6-2-12)17-11-18;2-1-3;/h35-43,50-51,68-69H,23-34H2,1-22H3,(H3,64,65,66,67,70,71,72,73);1-8H,9H2;1H,(H,2,3);/p-1. The number of nitrogens with one attached hydrogen (secondary N) is 2. The maximum atomic E-state index is 15.6. The van der Waals surface area contributed by atoms with E-state index < -0.39 is 39.5 Å². The minimum absolute atomic E-state index is 0. The molecule has 3 aromatic rings. The van der Waals surface area contributed by atoms with Gasteiger partial charge in [-0.15, -0.1) is 28.8 Å². The van der Waals surface area contributed by atoms with E-state index in [4.69, 9.17) is 39.7 Å². The predicted molar refractivity (Wildman–Crippen MR) is 401 cm³/mol. The van der Waals surface area contributed by atoms with Gasteiger partial charge in [-0.05, 0) is 167 Å². The Morgan fingerprint density at radius 3 is 1.49 bits per heavy atom. The number of amides is 2. The number of H-pyrrole nitrogens is 1. The molecule has 2 saturated carbocycles. The molecule has 2 fully saturated rings. The zero-order valence-corrected chi connectivity index (χ0v) is 68.7. The number of carboxylic acid groups (broad SMARTS) is 1. The molecule has 2 heterocycles. The van der Waals surface area contributed by atoms with Crippen LogP contribution in [-0.2, 0) is 59.3 Å². The summed E-state index contributed by atoms with van der Waals surface area (Å²) in [5.74, 6) is 0.0578. The van der Waals surface area contributed by atoms with Gasteiger partial charge in [-0.2, -0.15) is 4.99 Å². The van der Waals surface area contributed by atoms with Gasteiger partial charge in [-0.1, -0.05) is 177 Å². The number of aliphatic hydroxyl groups excluding tert-OH is 2. The van der Waals surface area contributed by atoms with Gasteiger partial charge >= 0.3 is 11.9 Å². The van der Waals surface area contributed by atoms with Gasteiger partial charge < -0.3 is 50.1 Å². The molecule has 18 nitrogen and oxygen atoms in total. The molecule has 0 radical (unpaired) electrons. The molecule has 0 saturated heterocycles. The van der Waals surface area contributed by atoms with Crippen LogP contribution < -0.4 is 10.1 Å². The summed E-state index contributed by atoms with van der Waals surface area (Å²) in [5, 5.41) is 43.5. The fourth-order valence-corrected chi connectivity index (χ4v) is 16.7. The monoisotopic (exact) mass is 1470 g/mol. The third-order valence-electron chi connectivity index (χ3n) is 20.1. The number of nitrogens with zero attached hydrogens (tertiary/aromatic N) is 4. The average molecular weight is 1470 g/mol. The summed E-state index contributed by atoms with van der Waals surface area (Å²) in [7, 11) is 0. The Kier molecular flexibility index (Phi) is 34.1. The van der Waals surface area contributed by atoms with Crippen LogP contribution in [0.15, 0.2) is 75.4 Å². The molecule has 2 aliphatic carbocycles. The van der Waals surface area contributed by atoms with Crippen molar-refractivity contribution < 1.29 is 77.8 Å². The number of isocyanates is 1. The van der Waals surface area contributed by atoms with Crippen LogP contribution in [0.2, 0.25) is 0 Å². The van der Waals surface area contributed by atoms with E-state index >= 15 is 9.59 Å². The molecule has 6 rings (SSSR count). The number of aliphatic imine (C=N–C) groups is 2. The maximum absolute atomic E-state index is 15.6. The topological polar surface area (TPSA) is 281 Å². The number of aromatic amines is 1. The first-order valence-electron chi connectivity index (χ1n) is 35.5. The number of aromatic nitrogens is 1. The van der Waals surface area contributed by atoms with Crippen molar-refractivity contribution >= 4 is 83.2 Å². The first-order valence-corrected chi connectivity index (χ1v) is 37.4. The number of carbonyl (C=O) groups excluding carboxylic acids is 5. The Bertz CT molecular complexity index is 3330. The smallest absolute Gasteiger partial charge is 0.342 e. The van der Waals surface area contributed by atoms with Crippen LogP contribution in [-0.4, -0.2) is 109 Å². The summed E-state index contributed by atoms with van der Waals surface area (Å²) in [6.45, 7) is 46.6. The molecule has 1 aliphatic heterocycles. The number of thioether (sulfide) groups is 2. The van der Waals surface area contributed by atoms with E-state index in [1.807, 2.05) is 85.7 Å². The summed E-state index contributed by atoms with van der Waals surface area (Å²) in [6.07, 6.45) is 10.4. The summed E-state index contributed by atoms with van der Waals surface area (Å²) in [4.78, 5) is 91.0.